The Kier molecular flexibility index (Phi) is 4.77. The van der Waals surface area contributed by atoms with Gasteiger partial charge in [0.15, 0.2) is 0 Å². The summed E-state index contributed by atoms with van der Waals surface area (Å²) < 4.78 is 5.20. The van der Waals surface area contributed by atoms with Crippen LogP contribution in [0, 0.1) is 11.3 Å². The van der Waals surface area contributed by atoms with Crippen LogP contribution in [0.3, 0.4) is 0 Å². The van der Waals surface area contributed by atoms with Crippen LogP contribution in [0.1, 0.15) is 46.0 Å². The van der Waals surface area contributed by atoms with Crippen molar-refractivity contribution in [2.45, 2.75) is 51.6 Å². The molecule has 1 atom stereocenters. The summed E-state index contributed by atoms with van der Waals surface area (Å²) in [6, 6.07) is 0. The second-order valence-electron chi connectivity index (χ2n) is 5.49. The molecule has 1 rings (SSSR count). The van der Waals surface area contributed by atoms with Crippen LogP contribution in [-0.2, 0) is 4.74 Å². The van der Waals surface area contributed by atoms with E-state index in [0.29, 0.717) is 19.6 Å². The lowest BCUT2D eigenvalue weighted by Gasteiger charge is -2.49. The molecule has 1 aliphatic carbocycles. The van der Waals surface area contributed by atoms with Crippen molar-refractivity contribution in [1.29, 1.82) is 0 Å². The van der Waals surface area contributed by atoms with Crippen LogP contribution >= 0.6 is 0 Å². The molecule has 0 heterocycles. The number of aliphatic hydroxyl groups is 1. The molecule has 3 N–H and O–H groups in total. The molecular weight excluding hydrogens is 202 g/mol. The van der Waals surface area contributed by atoms with E-state index in [1.54, 1.807) is 7.11 Å². The predicted molar refractivity (Wildman–Crippen MR) is 66.2 cm³/mol. The minimum Gasteiger partial charge on any atom is -0.387 e. The lowest BCUT2D eigenvalue weighted by Crippen LogP contribution is -2.56. The molecule has 0 radical (unpaired) electrons. The maximum Gasteiger partial charge on any atom is 0.0945 e. The molecule has 0 bridgehead atoms. The molecule has 0 spiro atoms. The Bertz CT molecular complexity index is 212. The van der Waals surface area contributed by atoms with E-state index in [1.165, 1.54) is 12.8 Å². The van der Waals surface area contributed by atoms with Gasteiger partial charge in [0.25, 0.3) is 0 Å². The Labute approximate surface area is 99.4 Å². The topological polar surface area (TPSA) is 55.5 Å². The van der Waals surface area contributed by atoms with Gasteiger partial charge in [-0.15, -0.1) is 0 Å². The summed E-state index contributed by atoms with van der Waals surface area (Å²) in [7, 11) is 1.65. The van der Waals surface area contributed by atoms with E-state index in [-0.39, 0.29) is 5.41 Å². The molecule has 1 saturated carbocycles. The third-order valence-corrected chi connectivity index (χ3v) is 4.58. The van der Waals surface area contributed by atoms with Gasteiger partial charge in [0, 0.05) is 19.1 Å². The first-order chi connectivity index (χ1) is 7.53. The lowest BCUT2D eigenvalue weighted by molar-refractivity contribution is -0.141. The van der Waals surface area contributed by atoms with Crippen molar-refractivity contribution >= 4 is 0 Å². The van der Waals surface area contributed by atoms with Crippen molar-refractivity contribution in [3.63, 3.8) is 0 Å². The highest BCUT2D eigenvalue weighted by molar-refractivity contribution is 5.01. The molecule has 1 unspecified atom stereocenters. The molecule has 1 aliphatic rings. The van der Waals surface area contributed by atoms with Crippen molar-refractivity contribution in [1.82, 2.24) is 0 Å². The number of ether oxygens (including phenoxy) is 1. The Hall–Kier alpha value is -0.120. The predicted octanol–water partition coefficient (Wildman–Crippen LogP) is 1.93. The van der Waals surface area contributed by atoms with Crippen molar-refractivity contribution in [2.75, 3.05) is 20.3 Å². The first kappa shape index (κ1) is 13.9. The second kappa shape index (κ2) is 5.48. The molecule has 0 aliphatic heterocycles. The maximum absolute atomic E-state index is 10.8. The highest BCUT2D eigenvalue weighted by Crippen LogP contribution is 2.47. The number of methoxy groups -OCH3 is 1. The first-order valence-corrected chi connectivity index (χ1v) is 6.45. The number of rotatable bonds is 5. The number of hydrogen-bond donors (Lipinski definition) is 2. The maximum atomic E-state index is 10.8. The van der Waals surface area contributed by atoms with Gasteiger partial charge in [-0.1, -0.05) is 26.7 Å². The quantitative estimate of drug-likeness (QED) is 0.757. The third kappa shape index (κ3) is 2.41. The van der Waals surface area contributed by atoms with Gasteiger partial charge in [0.2, 0.25) is 0 Å². The van der Waals surface area contributed by atoms with Crippen LogP contribution < -0.4 is 5.73 Å². The first-order valence-electron chi connectivity index (χ1n) is 6.45. The molecule has 3 heteroatoms. The van der Waals surface area contributed by atoms with Gasteiger partial charge in [0.1, 0.15) is 0 Å². The molecular formula is C13H27NO2. The second-order valence-corrected chi connectivity index (χ2v) is 5.49. The van der Waals surface area contributed by atoms with Gasteiger partial charge in [-0.25, -0.2) is 0 Å². The highest BCUT2D eigenvalue weighted by Gasteiger charge is 2.49. The van der Waals surface area contributed by atoms with Crippen LogP contribution in [0.5, 0.6) is 0 Å². The molecule has 0 aromatic heterocycles. The molecule has 1 fully saturated rings. The van der Waals surface area contributed by atoms with E-state index in [9.17, 15) is 5.11 Å². The smallest absolute Gasteiger partial charge is 0.0945 e. The fourth-order valence-corrected chi connectivity index (χ4v) is 3.04. The molecule has 0 aromatic carbocycles. The SMILES string of the molecule is CCC(O)(COC)C1(CN)CCC(C)CC1. The van der Waals surface area contributed by atoms with Gasteiger partial charge >= 0.3 is 0 Å². The Morgan fingerprint density at radius 2 is 2.00 bits per heavy atom. The summed E-state index contributed by atoms with van der Waals surface area (Å²) in [6.07, 6.45) is 5.11. The number of hydrogen-bond acceptors (Lipinski definition) is 3. The fraction of sp³-hybridized carbons (Fsp3) is 1.00. The Morgan fingerprint density at radius 1 is 1.44 bits per heavy atom. The van der Waals surface area contributed by atoms with Crippen molar-refractivity contribution in [3.05, 3.63) is 0 Å². The van der Waals surface area contributed by atoms with Gasteiger partial charge in [-0.2, -0.15) is 0 Å². The van der Waals surface area contributed by atoms with Crippen LogP contribution in [0.2, 0.25) is 0 Å². The van der Waals surface area contributed by atoms with E-state index >= 15 is 0 Å². The van der Waals surface area contributed by atoms with Crippen LogP contribution in [0.4, 0.5) is 0 Å². The lowest BCUT2D eigenvalue weighted by atomic mass is 9.61. The highest BCUT2D eigenvalue weighted by atomic mass is 16.5. The largest absolute Gasteiger partial charge is 0.387 e. The van der Waals surface area contributed by atoms with Crippen molar-refractivity contribution in [2.24, 2.45) is 17.1 Å². The van der Waals surface area contributed by atoms with Crippen molar-refractivity contribution in [3.8, 4) is 0 Å². The Morgan fingerprint density at radius 3 is 2.38 bits per heavy atom. The average molecular weight is 229 g/mol. The monoisotopic (exact) mass is 229 g/mol. The molecule has 96 valence electrons. The average Bonchev–Trinajstić information content (AvgIpc) is 2.30. The molecule has 0 amide bonds. The molecule has 0 aromatic rings. The number of nitrogens with two attached hydrogens (primary N) is 1. The van der Waals surface area contributed by atoms with E-state index in [1.807, 2.05) is 6.92 Å². The van der Waals surface area contributed by atoms with E-state index in [2.05, 4.69) is 6.92 Å². The summed E-state index contributed by atoms with van der Waals surface area (Å²) in [4.78, 5) is 0. The van der Waals surface area contributed by atoms with Gasteiger partial charge in [0.05, 0.1) is 12.2 Å². The zero-order valence-electron chi connectivity index (χ0n) is 11.0. The van der Waals surface area contributed by atoms with E-state index < -0.39 is 5.60 Å². The summed E-state index contributed by atoms with van der Waals surface area (Å²) in [6.45, 7) is 5.26. The Balaban J connectivity index is 2.84. The molecule has 0 saturated heterocycles. The summed E-state index contributed by atoms with van der Waals surface area (Å²) in [5, 5.41) is 10.8. The minimum absolute atomic E-state index is 0.135. The van der Waals surface area contributed by atoms with Crippen LogP contribution in [-0.4, -0.2) is 31.0 Å². The van der Waals surface area contributed by atoms with E-state index in [0.717, 1.165) is 18.8 Å². The van der Waals surface area contributed by atoms with Crippen LogP contribution in [0.15, 0.2) is 0 Å². The summed E-state index contributed by atoms with van der Waals surface area (Å²) in [5.41, 5.74) is 5.07. The summed E-state index contributed by atoms with van der Waals surface area (Å²) in [5.74, 6) is 0.767. The molecule has 16 heavy (non-hydrogen) atoms. The van der Waals surface area contributed by atoms with Gasteiger partial charge in [-0.05, 0) is 25.2 Å². The third-order valence-electron chi connectivity index (χ3n) is 4.58. The normalized spacial score (nSPS) is 34.7. The zero-order valence-corrected chi connectivity index (χ0v) is 11.0. The van der Waals surface area contributed by atoms with Gasteiger partial charge < -0.3 is 15.6 Å². The standard InChI is InChI=1S/C13H27NO2/c1-4-13(15,10-16-3)12(9-14)7-5-11(2)6-8-12/h11,15H,4-10,14H2,1-3H3. The van der Waals surface area contributed by atoms with Gasteiger partial charge in [-0.3, -0.25) is 0 Å². The fourth-order valence-electron chi connectivity index (χ4n) is 3.04. The summed E-state index contributed by atoms with van der Waals surface area (Å²) >= 11 is 0. The minimum atomic E-state index is -0.753. The van der Waals surface area contributed by atoms with E-state index in [4.69, 9.17) is 10.5 Å². The molecule has 3 nitrogen and oxygen atoms in total. The zero-order chi connectivity index (χ0) is 12.2. The van der Waals surface area contributed by atoms with Crippen LogP contribution in [0.25, 0.3) is 0 Å². The van der Waals surface area contributed by atoms with Crippen molar-refractivity contribution < 1.29 is 9.84 Å².